The third kappa shape index (κ3) is 3.69. The van der Waals surface area contributed by atoms with E-state index in [0.717, 1.165) is 17.0 Å². The van der Waals surface area contributed by atoms with Crippen LogP contribution in [0.2, 0.25) is 5.02 Å². The monoisotopic (exact) mass is 357 g/mol. The highest BCUT2D eigenvalue weighted by Crippen LogP contribution is 2.19. The molecule has 0 aromatic heterocycles. The Kier molecular flexibility index (Phi) is 4.42. The topological polar surface area (TPSA) is 26.0 Å². The van der Waals surface area contributed by atoms with Gasteiger partial charge < -0.3 is 5.73 Å². The van der Waals surface area contributed by atoms with Crippen molar-refractivity contribution in [3.63, 3.8) is 0 Å². The summed E-state index contributed by atoms with van der Waals surface area (Å²) in [7, 11) is 0. The molecule has 0 amide bonds. The standard InChI is InChI=1S/C14H13ClIN/c15-12-3-1-2-10(8-12)9-14(17)11-4-6-13(16)7-5-11/h1-8,14H,9,17H2. The second kappa shape index (κ2) is 5.85. The zero-order chi connectivity index (χ0) is 12.3. The SMILES string of the molecule is NC(Cc1cccc(Cl)c1)c1ccc(I)cc1. The van der Waals surface area contributed by atoms with Gasteiger partial charge in [0, 0.05) is 14.6 Å². The van der Waals surface area contributed by atoms with E-state index in [4.69, 9.17) is 17.3 Å². The van der Waals surface area contributed by atoms with E-state index in [-0.39, 0.29) is 6.04 Å². The van der Waals surface area contributed by atoms with Crippen molar-refractivity contribution in [3.8, 4) is 0 Å². The highest BCUT2D eigenvalue weighted by molar-refractivity contribution is 14.1. The molecule has 0 bridgehead atoms. The molecule has 0 saturated carbocycles. The smallest absolute Gasteiger partial charge is 0.0408 e. The van der Waals surface area contributed by atoms with Crippen molar-refractivity contribution in [2.24, 2.45) is 5.73 Å². The fraction of sp³-hybridized carbons (Fsp3) is 0.143. The molecule has 0 fully saturated rings. The summed E-state index contributed by atoms with van der Waals surface area (Å²) >= 11 is 8.24. The van der Waals surface area contributed by atoms with Crippen molar-refractivity contribution in [1.29, 1.82) is 0 Å². The number of rotatable bonds is 3. The first-order valence-electron chi connectivity index (χ1n) is 5.40. The van der Waals surface area contributed by atoms with Crippen molar-refractivity contribution in [2.75, 3.05) is 0 Å². The average Bonchev–Trinajstić information content (AvgIpc) is 2.29. The Morgan fingerprint density at radius 2 is 1.82 bits per heavy atom. The third-order valence-electron chi connectivity index (χ3n) is 2.64. The summed E-state index contributed by atoms with van der Waals surface area (Å²) in [6.07, 6.45) is 0.807. The fourth-order valence-corrected chi connectivity index (χ4v) is 2.32. The molecule has 2 rings (SSSR count). The van der Waals surface area contributed by atoms with Crippen LogP contribution in [0.25, 0.3) is 0 Å². The molecule has 2 aromatic carbocycles. The van der Waals surface area contributed by atoms with E-state index in [1.165, 1.54) is 9.13 Å². The number of halogens is 2. The molecule has 0 radical (unpaired) electrons. The summed E-state index contributed by atoms with van der Waals surface area (Å²) < 4.78 is 1.22. The molecule has 3 heteroatoms. The molecular formula is C14H13ClIN. The summed E-state index contributed by atoms with van der Waals surface area (Å²) in [4.78, 5) is 0. The molecule has 88 valence electrons. The number of benzene rings is 2. The second-order valence-corrected chi connectivity index (χ2v) is 5.67. The van der Waals surface area contributed by atoms with Crippen LogP contribution in [0.5, 0.6) is 0 Å². The third-order valence-corrected chi connectivity index (χ3v) is 3.60. The van der Waals surface area contributed by atoms with Gasteiger partial charge in [0.2, 0.25) is 0 Å². The lowest BCUT2D eigenvalue weighted by atomic mass is 10.00. The normalized spacial score (nSPS) is 12.4. The molecule has 0 spiro atoms. The number of nitrogens with two attached hydrogens (primary N) is 1. The summed E-state index contributed by atoms with van der Waals surface area (Å²) in [5, 5.41) is 0.761. The predicted molar refractivity (Wildman–Crippen MR) is 81.2 cm³/mol. The second-order valence-electron chi connectivity index (χ2n) is 3.99. The molecule has 1 unspecified atom stereocenters. The minimum absolute atomic E-state index is 0.0190. The van der Waals surface area contributed by atoms with Gasteiger partial charge in [0.05, 0.1) is 0 Å². The molecule has 0 aliphatic rings. The molecule has 2 N–H and O–H groups in total. The van der Waals surface area contributed by atoms with E-state index in [1.54, 1.807) is 0 Å². The Bertz CT molecular complexity index is 496. The fourth-order valence-electron chi connectivity index (χ4n) is 1.75. The quantitative estimate of drug-likeness (QED) is 0.819. The summed E-state index contributed by atoms with van der Waals surface area (Å²) in [6.45, 7) is 0. The molecule has 1 atom stereocenters. The van der Waals surface area contributed by atoms with Gasteiger partial charge in [0.15, 0.2) is 0 Å². The van der Waals surface area contributed by atoms with Crippen molar-refractivity contribution in [2.45, 2.75) is 12.5 Å². The molecule has 17 heavy (non-hydrogen) atoms. The van der Waals surface area contributed by atoms with Crippen LogP contribution in [-0.4, -0.2) is 0 Å². The Hall–Kier alpha value is -0.580. The number of hydrogen-bond donors (Lipinski definition) is 1. The Morgan fingerprint density at radius 1 is 1.12 bits per heavy atom. The Morgan fingerprint density at radius 3 is 2.47 bits per heavy atom. The minimum Gasteiger partial charge on any atom is -0.324 e. The van der Waals surface area contributed by atoms with Gasteiger partial charge in [-0.25, -0.2) is 0 Å². The van der Waals surface area contributed by atoms with Crippen LogP contribution in [0.4, 0.5) is 0 Å². The van der Waals surface area contributed by atoms with Crippen LogP contribution in [0, 0.1) is 3.57 Å². The zero-order valence-corrected chi connectivity index (χ0v) is 12.1. The van der Waals surface area contributed by atoms with Crippen LogP contribution < -0.4 is 5.73 Å². The lowest BCUT2D eigenvalue weighted by Gasteiger charge is -2.12. The predicted octanol–water partition coefficient (Wildman–Crippen LogP) is 4.19. The Labute approximate surface area is 120 Å². The van der Waals surface area contributed by atoms with Crippen LogP contribution in [-0.2, 0) is 6.42 Å². The molecule has 0 heterocycles. The van der Waals surface area contributed by atoms with Gasteiger partial charge in [0.1, 0.15) is 0 Å². The molecule has 2 aromatic rings. The van der Waals surface area contributed by atoms with Gasteiger partial charge in [-0.1, -0.05) is 35.9 Å². The van der Waals surface area contributed by atoms with Crippen LogP contribution in [0.15, 0.2) is 48.5 Å². The molecule has 0 aliphatic carbocycles. The van der Waals surface area contributed by atoms with Crippen molar-refractivity contribution < 1.29 is 0 Å². The number of hydrogen-bond acceptors (Lipinski definition) is 1. The maximum absolute atomic E-state index is 6.18. The van der Waals surface area contributed by atoms with E-state index in [9.17, 15) is 0 Å². The summed E-state index contributed by atoms with van der Waals surface area (Å²) in [5.74, 6) is 0. The largest absolute Gasteiger partial charge is 0.324 e. The highest BCUT2D eigenvalue weighted by Gasteiger charge is 2.07. The van der Waals surface area contributed by atoms with Gasteiger partial charge in [-0.3, -0.25) is 0 Å². The van der Waals surface area contributed by atoms with E-state index in [2.05, 4.69) is 52.9 Å². The molecular weight excluding hydrogens is 345 g/mol. The summed E-state index contributed by atoms with van der Waals surface area (Å²) in [6, 6.07) is 16.2. The van der Waals surface area contributed by atoms with Gasteiger partial charge in [-0.15, -0.1) is 0 Å². The van der Waals surface area contributed by atoms with Gasteiger partial charge in [-0.2, -0.15) is 0 Å². The van der Waals surface area contributed by atoms with Crippen LogP contribution in [0.1, 0.15) is 17.2 Å². The van der Waals surface area contributed by atoms with E-state index in [1.807, 2.05) is 18.2 Å². The van der Waals surface area contributed by atoms with Gasteiger partial charge in [-0.05, 0) is 64.4 Å². The van der Waals surface area contributed by atoms with E-state index < -0.39 is 0 Å². The first kappa shape index (κ1) is 12.9. The Balaban J connectivity index is 2.11. The van der Waals surface area contributed by atoms with Crippen LogP contribution >= 0.6 is 34.2 Å². The van der Waals surface area contributed by atoms with Crippen molar-refractivity contribution in [3.05, 3.63) is 68.3 Å². The highest BCUT2D eigenvalue weighted by atomic mass is 127. The molecule has 0 aliphatic heterocycles. The molecule has 0 saturated heterocycles. The minimum atomic E-state index is 0.0190. The van der Waals surface area contributed by atoms with Crippen molar-refractivity contribution >= 4 is 34.2 Å². The summed E-state index contributed by atoms with van der Waals surface area (Å²) in [5.41, 5.74) is 8.51. The first-order chi connectivity index (χ1) is 8.15. The van der Waals surface area contributed by atoms with Gasteiger partial charge in [0.25, 0.3) is 0 Å². The average molecular weight is 358 g/mol. The maximum atomic E-state index is 6.18. The first-order valence-corrected chi connectivity index (χ1v) is 6.86. The lowest BCUT2D eigenvalue weighted by Crippen LogP contribution is -2.13. The molecule has 1 nitrogen and oxygen atoms in total. The van der Waals surface area contributed by atoms with Gasteiger partial charge >= 0.3 is 0 Å². The zero-order valence-electron chi connectivity index (χ0n) is 9.24. The van der Waals surface area contributed by atoms with Crippen LogP contribution in [0.3, 0.4) is 0 Å². The van der Waals surface area contributed by atoms with E-state index >= 15 is 0 Å². The lowest BCUT2D eigenvalue weighted by molar-refractivity contribution is 0.722. The van der Waals surface area contributed by atoms with E-state index in [0.29, 0.717) is 0 Å². The van der Waals surface area contributed by atoms with Crippen molar-refractivity contribution in [1.82, 2.24) is 0 Å². The maximum Gasteiger partial charge on any atom is 0.0408 e.